The Hall–Kier alpha value is -0.120. The maximum Gasteiger partial charge on any atom is 0.0593 e. The lowest BCUT2D eigenvalue weighted by Crippen LogP contribution is -2.47. The van der Waals surface area contributed by atoms with Gasteiger partial charge in [0.2, 0.25) is 0 Å². The summed E-state index contributed by atoms with van der Waals surface area (Å²) < 4.78 is 5.70. The zero-order chi connectivity index (χ0) is 12.8. The molecule has 18 heavy (non-hydrogen) atoms. The van der Waals surface area contributed by atoms with E-state index in [1.165, 1.54) is 51.9 Å². The van der Waals surface area contributed by atoms with Gasteiger partial charge in [-0.25, -0.2) is 0 Å². The fraction of sp³-hybridized carbons (Fsp3) is 1.00. The first-order valence-electron chi connectivity index (χ1n) is 7.80. The lowest BCUT2D eigenvalue weighted by molar-refractivity contribution is 0.0596. The highest BCUT2D eigenvalue weighted by atomic mass is 16.5. The molecule has 0 bridgehead atoms. The first-order valence-corrected chi connectivity index (χ1v) is 7.80. The minimum atomic E-state index is 0.656. The van der Waals surface area contributed by atoms with E-state index in [9.17, 15) is 0 Å². The van der Waals surface area contributed by atoms with Crippen molar-refractivity contribution in [3.63, 3.8) is 0 Å². The number of rotatable bonds is 6. The fourth-order valence-corrected chi connectivity index (χ4v) is 3.15. The highest BCUT2D eigenvalue weighted by Gasteiger charge is 2.26. The van der Waals surface area contributed by atoms with Gasteiger partial charge in [-0.1, -0.05) is 13.8 Å². The second kappa shape index (κ2) is 7.46. The summed E-state index contributed by atoms with van der Waals surface area (Å²) in [4.78, 5) is 5.31. The molecule has 0 spiro atoms. The average Bonchev–Trinajstić information content (AvgIpc) is 2.89. The molecule has 106 valence electrons. The van der Waals surface area contributed by atoms with Crippen molar-refractivity contribution in [2.45, 2.75) is 45.6 Å². The highest BCUT2D eigenvalue weighted by Crippen LogP contribution is 2.20. The first kappa shape index (κ1) is 14.3. The van der Waals surface area contributed by atoms with Gasteiger partial charge in [0.15, 0.2) is 0 Å². The van der Waals surface area contributed by atoms with Gasteiger partial charge in [-0.3, -0.25) is 9.80 Å². The molecule has 0 N–H and O–H groups in total. The minimum Gasteiger partial charge on any atom is -0.380 e. The Kier molecular flexibility index (Phi) is 5.93. The van der Waals surface area contributed by atoms with Crippen LogP contribution in [-0.2, 0) is 4.74 Å². The molecule has 0 aromatic rings. The number of hydrogen-bond acceptors (Lipinski definition) is 3. The number of ether oxygens (including phenoxy) is 1. The third-order valence-corrected chi connectivity index (χ3v) is 4.14. The van der Waals surface area contributed by atoms with Crippen LogP contribution >= 0.6 is 0 Å². The summed E-state index contributed by atoms with van der Waals surface area (Å²) in [7, 11) is 0. The van der Waals surface area contributed by atoms with Crippen LogP contribution in [0.2, 0.25) is 0 Å². The second-order valence-corrected chi connectivity index (χ2v) is 6.31. The molecule has 2 aliphatic rings. The van der Waals surface area contributed by atoms with Crippen LogP contribution in [-0.4, -0.2) is 61.8 Å². The van der Waals surface area contributed by atoms with Crippen molar-refractivity contribution in [3.8, 4) is 0 Å². The topological polar surface area (TPSA) is 15.7 Å². The van der Waals surface area contributed by atoms with Gasteiger partial charge >= 0.3 is 0 Å². The van der Waals surface area contributed by atoms with Gasteiger partial charge in [0.25, 0.3) is 0 Å². The van der Waals surface area contributed by atoms with Crippen LogP contribution in [0.4, 0.5) is 0 Å². The number of nitrogens with zero attached hydrogens (tertiary/aromatic N) is 2. The minimum absolute atomic E-state index is 0.656. The Morgan fingerprint density at radius 2 is 1.89 bits per heavy atom. The van der Waals surface area contributed by atoms with E-state index in [0.29, 0.717) is 5.92 Å². The van der Waals surface area contributed by atoms with E-state index < -0.39 is 0 Å². The van der Waals surface area contributed by atoms with E-state index in [0.717, 1.165) is 25.8 Å². The molecule has 3 heteroatoms. The summed E-state index contributed by atoms with van der Waals surface area (Å²) in [5.41, 5.74) is 0. The Bertz CT molecular complexity index is 227. The lowest BCUT2D eigenvalue weighted by Gasteiger charge is -2.37. The molecule has 3 nitrogen and oxygen atoms in total. The van der Waals surface area contributed by atoms with Crippen LogP contribution in [0, 0.1) is 5.92 Å². The molecule has 0 radical (unpaired) electrons. The molecule has 2 rings (SSSR count). The van der Waals surface area contributed by atoms with E-state index in [1.807, 2.05) is 0 Å². The largest absolute Gasteiger partial charge is 0.380 e. The molecule has 2 fully saturated rings. The van der Waals surface area contributed by atoms with Crippen LogP contribution in [0.1, 0.15) is 39.5 Å². The summed E-state index contributed by atoms with van der Waals surface area (Å²) in [6, 6.07) is 0.825. The summed E-state index contributed by atoms with van der Waals surface area (Å²) >= 11 is 0. The number of likely N-dealkylation sites (tertiary alicyclic amines) is 2. The van der Waals surface area contributed by atoms with Crippen molar-refractivity contribution >= 4 is 0 Å². The maximum atomic E-state index is 5.70. The SMILES string of the molecule is CC(C)COCCN1CCCC(N2CCCC2)C1. The van der Waals surface area contributed by atoms with Crippen molar-refractivity contribution in [1.29, 1.82) is 0 Å². The first-order chi connectivity index (χ1) is 8.75. The molecule has 0 saturated carbocycles. The third kappa shape index (κ3) is 4.52. The Labute approximate surface area is 112 Å². The quantitative estimate of drug-likeness (QED) is 0.676. The normalized spacial score (nSPS) is 27.2. The van der Waals surface area contributed by atoms with Crippen LogP contribution in [0.5, 0.6) is 0 Å². The van der Waals surface area contributed by atoms with Crippen molar-refractivity contribution in [3.05, 3.63) is 0 Å². The molecular formula is C15H30N2O. The van der Waals surface area contributed by atoms with Crippen LogP contribution in [0.25, 0.3) is 0 Å². The fourth-order valence-electron chi connectivity index (χ4n) is 3.15. The monoisotopic (exact) mass is 254 g/mol. The van der Waals surface area contributed by atoms with Gasteiger partial charge in [-0.15, -0.1) is 0 Å². The van der Waals surface area contributed by atoms with E-state index in [4.69, 9.17) is 4.74 Å². The highest BCUT2D eigenvalue weighted by molar-refractivity contribution is 4.83. The van der Waals surface area contributed by atoms with E-state index in [1.54, 1.807) is 0 Å². The van der Waals surface area contributed by atoms with Crippen molar-refractivity contribution in [1.82, 2.24) is 9.80 Å². The predicted octanol–water partition coefficient (Wildman–Crippen LogP) is 2.22. The third-order valence-electron chi connectivity index (χ3n) is 4.14. The van der Waals surface area contributed by atoms with Crippen LogP contribution in [0.3, 0.4) is 0 Å². The zero-order valence-corrected chi connectivity index (χ0v) is 12.2. The smallest absolute Gasteiger partial charge is 0.0593 e. The molecule has 2 aliphatic heterocycles. The lowest BCUT2D eigenvalue weighted by atomic mass is 10.0. The molecule has 0 aromatic heterocycles. The van der Waals surface area contributed by atoms with Crippen molar-refractivity contribution in [2.75, 3.05) is 45.9 Å². The van der Waals surface area contributed by atoms with Crippen LogP contribution < -0.4 is 0 Å². The second-order valence-electron chi connectivity index (χ2n) is 6.31. The van der Waals surface area contributed by atoms with Crippen LogP contribution in [0.15, 0.2) is 0 Å². The molecule has 2 heterocycles. The van der Waals surface area contributed by atoms with E-state index >= 15 is 0 Å². The summed E-state index contributed by atoms with van der Waals surface area (Å²) in [5.74, 6) is 0.656. The summed E-state index contributed by atoms with van der Waals surface area (Å²) in [6.07, 6.45) is 5.59. The van der Waals surface area contributed by atoms with Gasteiger partial charge in [-0.2, -0.15) is 0 Å². The van der Waals surface area contributed by atoms with Gasteiger partial charge in [0.05, 0.1) is 6.61 Å². The maximum absolute atomic E-state index is 5.70. The Morgan fingerprint density at radius 3 is 2.61 bits per heavy atom. The zero-order valence-electron chi connectivity index (χ0n) is 12.2. The molecule has 0 aliphatic carbocycles. The van der Waals surface area contributed by atoms with E-state index in [-0.39, 0.29) is 0 Å². The molecular weight excluding hydrogens is 224 g/mol. The predicted molar refractivity (Wildman–Crippen MR) is 75.9 cm³/mol. The average molecular weight is 254 g/mol. The van der Waals surface area contributed by atoms with Gasteiger partial charge < -0.3 is 4.74 Å². The van der Waals surface area contributed by atoms with Crippen molar-refractivity contribution in [2.24, 2.45) is 5.92 Å². The molecule has 1 unspecified atom stereocenters. The standard InChI is InChI=1S/C15H30N2O/c1-14(2)13-18-11-10-16-7-5-6-15(12-16)17-8-3-4-9-17/h14-15H,3-13H2,1-2H3. The van der Waals surface area contributed by atoms with Crippen molar-refractivity contribution < 1.29 is 4.74 Å². The molecule has 0 amide bonds. The number of hydrogen-bond donors (Lipinski definition) is 0. The molecule has 1 atom stereocenters. The summed E-state index contributed by atoms with van der Waals surface area (Å²) in [5, 5.41) is 0. The Balaban J connectivity index is 1.63. The van der Waals surface area contributed by atoms with Gasteiger partial charge in [0, 0.05) is 25.7 Å². The van der Waals surface area contributed by atoms with Gasteiger partial charge in [-0.05, 0) is 51.2 Å². The van der Waals surface area contributed by atoms with Gasteiger partial charge in [0.1, 0.15) is 0 Å². The number of piperidine rings is 1. The summed E-state index contributed by atoms with van der Waals surface area (Å²) in [6.45, 7) is 12.6. The van der Waals surface area contributed by atoms with E-state index in [2.05, 4.69) is 23.6 Å². The molecule has 0 aromatic carbocycles. The Morgan fingerprint density at radius 1 is 1.11 bits per heavy atom. The molecule has 2 saturated heterocycles.